The SMILES string of the molecule is COCCO[C@@H](C)C(=O)O[C@@H]1[C@H](OC(=O)[C@H](C)OCCOC)C=CO[C@@H]1CO. The zero-order valence-corrected chi connectivity index (χ0v) is 16.7. The lowest BCUT2D eigenvalue weighted by Crippen LogP contribution is -2.49. The van der Waals surface area contributed by atoms with E-state index in [2.05, 4.69) is 0 Å². The summed E-state index contributed by atoms with van der Waals surface area (Å²) in [6, 6.07) is 0. The van der Waals surface area contributed by atoms with Gasteiger partial charge in [-0.3, -0.25) is 0 Å². The summed E-state index contributed by atoms with van der Waals surface area (Å²) in [4.78, 5) is 24.5. The number of esters is 2. The van der Waals surface area contributed by atoms with Crippen LogP contribution in [0, 0.1) is 0 Å². The quantitative estimate of drug-likeness (QED) is 0.326. The predicted octanol–water partition coefficient (Wildman–Crippen LogP) is -0.182. The number of aliphatic hydroxyl groups is 1. The molecule has 1 rings (SSSR count). The molecule has 10 heteroatoms. The zero-order valence-electron chi connectivity index (χ0n) is 16.7. The minimum Gasteiger partial charge on any atom is -0.492 e. The lowest BCUT2D eigenvalue weighted by Gasteiger charge is -2.33. The van der Waals surface area contributed by atoms with Crippen molar-refractivity contribution in [3.63, 3.8) is 0 Å². The van der Waals surface area contributed by atoms with E-state index in [-0.39, 0.29) is 13.2 Å². The Bertz CT molecular complexity index is 495. The standard InChI is InChI=1S/C18H30O10/c1-12(24-9-7-22-3)17(20)27-14-5-6-26-15(11-19)16(14)28-18(21)13(2)25-10-8-23-4/h5-6,12-16,19H,7-11H2,1-4H3/t12-,13-,14+,15+,16+/m0/s1. The molecule has 0 amide bonds. The van der Waals surface area contributed by atoms with Gasteiger partial charge in [-0.1, -0.05) is 0 Å². The van der Waals surface area contributed by atoms with Crippen molar-refractivity contribution in [1.82, 2.24) is 0 Å². The second-order valence-corrected chi connectivity index (χ2v) is 6.00. The number of methoxy groups -OCH3 is 2. The number of hydrogen-bond acceptors (Lipinski definition) is 10. The predicted molar refractivity (Wildman–Crippen MR) is 95.4 cm³/mol. The Morgan fingerprint density at radius 2 is 1.50 bits per heavy atom. The Balaban J connectivity index is 2.69. The van der Waals surface area contributed by atoms with Gasteiger partial charge >= 0.3 is 11.9 Å². The fourth-order valence-electron chi connectivity index (χ4n) is 2.23. The first-order valence-corrected chi connectivity index (χ1v) is 8.99. The van der Waals surface area contributed by atoms with E-state index in [9.17, 15) is 14.7 Å². The molecule has 28 heavy (non-hydrogen) atoms. The third-order valence-corrected chi connectivity index (χ3v) is 3.87. The van der Waals surface area contributed by atoms with Gasteiger partial charge in [-0.25, -0.2) is 9.59 Å². The highest BCUT2D eigenvalue weighted by Crippen LogP contribution is 2.20. The van der Waals surface area contributed by atoms with E-state index in [0.29, 0.717) is 13.2 Å². The molecule has 0 aromatic rings. The third kappa shape index (κ3) is 8.11. The summed E-state index contributed by atoms with van der Waals surface area (Å²) in [6.45, 7) is 3.73. The zero-order chi connectivity index (χ0) is 20.9. The Hall–Kier alpha value is -1.72. The van der Waals surface area contributed by atoms with Crippen LogP contribution in [-0.2, 0) is 42.7 Å². The molecule has 0 aliphatic carbocycles. The van der Waals surface area contributed by atoms with Gasteiger partial charge in [-0.05, 0) is 19.9 Å². The number of carbonyl (C=O) groups excluding carboxylic acids is 2. The molecule has 1 aliphatic heterocycles. The van der Waals surface area contributed by atoms with Crippen molar-refractivity contribution < 1.29 is 47.9 Å². The van der Waals surface area contributed by atoms with Crippen LogP contribution >= 0.6 is 0 Å². The number of carbonyl (C=O) groups is 2. The van der Waals surface area contributed by atoms with Gasteiger partial charge in [0.15, 0.2) is 30.5 Å². The lowest BCUT2D eigenvalue weighted by atomic mass is 10.1. The summed E-state index contributed by atoms with van der Waals surface area (Å²) in [5.41, 5.74) is 0. The van der Waals surface area contributed by atoms with Crippen LogP contribution in [0.3, 0.4) is 0 Å². The monoisotopic (exact) mass is 406 g/mol. The summed E-state index contributed by atoms with van der Waals surface area (Å²) in [5.74, 6) is -1.32. The topological polar surface area (TPSA) is 119 Å². The van der Waals surface area contributed by atoms with Gasteiger partial charge in [0.2, 0.25) is 0 Å². The van der Waals surface area contributed by atoms with Crippen molar-refractivity contribution in [2.75, 3.05) is 47.3 Å². The van der Waals surface area contributed by atoms with Crippen LogP contribution in [0.2, 0.25) is 0 Å². The molecule has 0 aromatic carbocycles. The van der Waals surface area contributed by atoms with Crippen LogP contribution in [0.4, 0.5) is 0 Å². The van der Waals surface area contributed by atoms with E-state index in [1.165, 1.54) is 40.4 Å². The highest BCUT2D eigenvalue weighted by Gasteiger charge is 2.39. The molecule has 5 atom stereocenters. The minimum absolute atomic E-state index is 0.214. The fraction of sp³-hybridized carbons (Fsp3) is 0.778. The summed E-state index contributed by atoms with van der Waals surface area (Å²) >= 11 is 0. The highest BCUT2D eigenvalue weighted by atomic mass is 16.6. The summed E-state index contributed by atoms with van der Waals surface area (Å²) in [6.07, 6.45) is -1.85. The van der Waals surface area contributed by atoms with Gasteiger partial charge in [0.05, 0.1) is 39.3 Å². The second kappa shape index (κ2) is 13.5. The maximum Gasteiger partial charge on any atom is 0.335 e. The molecule has 162 valence electrons. The van der Waals surface area contributed by atoms with Gasteiger partial charge in [0, 0.05) is 14.2 Å². The van der Waals surface area contributed by atoms with E-state index in [0.717, 1.165) is 0 Å². The molecular formula is C18H30O10. The highest BCUT2D eigenvalue weighted by molar-refractivity contribution is 5.75. The van der Waals surface area contributed by atoms with Crippen LogP contribution in [0.15, 0.2) is 12.3 Å². The van der Waals surface area contributed by atoms with Crippen LogP contribution < -0.4 is 0 Å². The Morgan fingerprint density at radius 3 is 2.00 bits per heavy atom. The molecule has 0 radical (unpaired) electrons. The maximum atomic E-state index is 12.3. The van der Waals surface area contributed by atoms with Crippen LogP contribution in [-0.4, -0.2) is 94.8 Å². The Labute approximate surface area is 164 Å². The Morgan fingerprint density at radius 1 is 0.964 bits per heavy atom. The van der Waals surface area contributed by atoms with Gasteiger partial charge in [0.25, 0.3) is 0 Å². The van der Waals surface area contributed by atoms with E-state index in [4.69, 9.17) is 33.2 Å². The van der Waals surface area contributed by atoms with Gasteiger partial charge in [-0.2, -0.15) is 0 Å². The largest absolute Gasteiger partial charge is 0.492 e. The van der Waals surface area contributed by atoms with Crippen molar-refractivity contribution in [2.45, 2.75) is 44.4 Å². The van der Waals surface area contributed by atoms with Crippen LogP contribution in [0.1, 0.15) is 13.8 Å². The molecule has 0 aromatic heterocycles. The van der Waals surface area contributed by atoms with Gasteiger partial charge < -0.3 is 38.3 Å². The summed E-state index contributed by atoms with van der Waals surface area (Å²) in [7, 11) is 3.04. The fourth-order valence-corrected chi connectivity index (χ4v) is 2.23. The molecule has 10 nitrogen and oxygen atoms in total. The minimum atomic E-state index is -1.04. The lowest BCUT2D eigenvalue weighted by molar-refractivity contribution is -0.190. The van der Waals surface area contributed by atoms with Crippen molar-refractivity contribution in [2.24, 2.45) is 0 Å². The van der Waals surface area contributed by atoms with E-state index in [1.807, 2.05) is 0 Å². The van der Waals surface area contributed by atoms with Gasteiger partial charge in [0.1, 0.15) is 0 Å². The first kappa shape index (κ1) is 24.3. The number of ether oxygens (including phenoxy) is 7. The Kier molecular flexibility index (Phi) is 11.7. The summed E-state index contributed by atoms with van der Waals surface area (Å²) < 4.78 is 36.4. The average Bonchev–Trinajstić information content (AvgIpc) is 2.69. The first-order valence-electron chi connectivity index (χ1n) is 8.99. The molecule has 1 heterocycles. The number of rotatable bonds is 13. The normalized spacial score (nSPS) is 23.5. The molecule has 0 spiro atoms. The van der Waals surface area contributed by atoms with E-state index < -0.39 is 49.1 Å². The van der Waals surface area contributed by atoms with Crippen molar-refractivity contribution in [3.8, 4) is 0 Å². The van der Waals surface area contributed by atoms with Crippen molar-refractivity contribution >= 4 is 11.9 Å². The molecule has 0 saturated carbocycles. The first-order chi connectivity index (χ1) is 13.4. The van der Waals surface area contributed by atoms with Crippen LogP contribution in [0.25, 0.3) is 0 Å². The molecule has 0 saturated heterocycles. The summed E-state index contributed by atoms with van der Waals surface area (Å²) in [5, 5.41) is 9.51. The smallest absolute Gasteiger partial charge is 0.335 e. The van der Waals surface area contributed by atoms with E-state index in [1.54, 1.807) is 0 Å². The maximum absolute atomic E-state index is 12.3. The van der Waals surface area contributed by atoms with Crippen molar-refractivity contribution in [1.29, 1.82) is 0 Å². The molecular weight excluding hydrogens is 376 g/mol. The number of aliphatic hydroxyl groups excluding tert-OH is 1. The third-order valence-electron chi connectivity index (χ3n) is 3.87. The molecule has 0 fully saturated rings. The number of hydrogen-bond donors (Lipinski definition) is 1. The average molecular weight is 406 g/mol. The van der Waals surface area contributed by atoms with Gasteiger partial charge in [-0.15, -0.1) is 0 Å². The molecule has 0 unspecified atom stereocenters. The molecule has 0 bridgehead atoms. The van der Waals surface area contributed by atoms with Crippen LogP contribution in [0.5, 0.6) is 0 Å². The molecule has 1 N–H and O–H groups in total. The van der Waals surface area contributed by atoms with Crippen molar-refractivity contribution in [3.05, 3.63) is 12.3 Å². The second-order valence-electron chi connectivity index (χ2n) is 6.00. The van der Waals surface area contributed by atoms with E-state index >= 15 is 0 Å². The molecule has 1 aliphatic rings.